The van der Waals surface area contributed by atoms with Crippen molar-refractivity contribution in [3.05, 3.63) is 34.9 Å². The molecule has 0 amide bonds. The van der Waals surface area contributed by atoms with E-state index in [-0.39, 0.29) is 0 Å². The molecule has 2 nitrogen and oxygen atoms in total. The van der Waals surface area contributed by atoms with Crippen molar-refractivity contribution in [1.29, 1.82) is 5.26 Å². The van der Waals surface area contributed by atoms with Crippen LogP contribution in [0.2, 0.25) is 0 Å². The molecule has 3 heteroatoms. The highest BCUT2D eigenvalue weighted by Crippen LogP contribution is 2.17. The monoisotopic (exact) mass is 248 g/mol. The minimum atomic E-state index is 0.738. The molecule has 17 heavy (non-hydrogen) atoms. The summed E-state index contributed by atoms with van der Waals surface area (Å²) < 4.78 is 0. The van der Waals surface area contributed by atoms with E-state index in [1.54, 1.807) is 0 Å². The number of nitriles is 1. The lowest BCUT2D eigenvalue weighted by atomic mass is 10.0. The van der Waals surface area contributed by atoms with Gasteiger partial charge in [-0.05, 0) is 49.1 Å². The number of rotatable bonds is 3. The van der Waals surface area contributed by atoms with Crippen molar-refractivity contribution >= 4 is 11.6 Å². The SMILES string of the molecule is N#Cc1ccc2c(c1)CCN(CCCCl)CC2. The molecule has 90 valence electrons. The third-order valence-corrected chi connectivity index (χ3v) is 3.61. The van der Waals surface area contributed by atoms with Crippen LogP contribution in [0, 0.1) is 11.3 Å². The molecule has 0 aromatic heterocycles. The molecule has 0 saturated carbocycles. The van der Waals surface area contributed by atoms with E-state index < -0.39 is 0 Å². The number of benzene rings is 1. The molecule has 1 aliphatic rings. The Labute approximate surface area is 108 Å². The summed E-state index contributed by atoms with van der Waals surface area (Å²) in [6.45, 7) is 3.27. The Bertz CT molecular complexity index is 423. The highest BCUT2D eigenvalue weighted by atomic mass is 35.5. The molecule has 0 radical (unpaired) electrons. The summed E-state index contributed by atoms with van der Waals surface area (Å²) in [4.78, 5) is 2.47. The van der Waals surface area contributed by atoms with E-state index in [1.807, 2.05) is 12.1 Å². The van der Waals surface area contributed by atoms with Crippen molar-refractivity contribution in [3.8, 4) is 6.07 Å². The molecule has 0 atom stereocenters. The minimum absolute atomic E-state index is 0.738. The smallest absolute Gasteiger partial charge is 0.0991 e. The molecule has 2 rings (SSSR count). The number of hydrogen-bond donors (Lipinski definition) is 0. The Kier molecular flexibility index (Phi) is 4.42. The summed E-state index contributed by atoms with van der Waals surface area (Å²) in [5, 5.41) is 8.90. The van der Waals surface area contributed by atoms with Crippen LogP contribution in [-0.2, 0) is 12.8 Å². The molecule has 0 fully saturated rings. The maximum absolute atomic E-state index is 8.90. The largest absolute Gasteiger partial charge is 0.303 e. The summed E-state index contributed by atoms with van der Waals surface area (Å²) >= 11 is 5.73. The van der Waals surface area contributed by atoms with Gasteiger partial charge in [-0.3, -0.25) is 0 Å². The molecule has 0 N–H and O–H groups in total. The maximum Gasteiger partial charge on any atom is 0.0991 e. The van der Waals surface area contributed by atoms with Crippen LogP contribution in [0.4, 0.5) is 0 Å². The van der Waals surface area contributed by atoms with Crippen LogP contribution in [0.5, 0.6) is 0 Å². The van der Waals surface area contributed by atoms with Gasteiger partial charge in [0.25, 0.3) is 0 Å². The Balaban J connectivity index is 2.05. The van der Waals surface area contributed by atoms with Crippen LogP contribution in [0.1, 0.15) is 23.1 Å². The van der Waals surface area contributed by atoms with Gasteiger partial charge in [0.2, 0.25) is 0 Å². The van der Waals surface area contributed by atoms with E-state index in [4.69, 9.17) is 16.9 Å². The normalized spacial score (nSPS) is 16.0. The van der Waals surface area contributed by atoms with E-state index in [9.17, 15) is 0 Å². The Morgan fingerprint density at radius 1 is 1.24 bits per heavy atom. The number of fused-ring (bicyclic) bond motifs is 1. The molecule has 1 aromatic carbocycles. The van der Waals surface area contributed by atoms with Gasteiger partial charge in [-0.1, -0.05) is 6.07 Å². The fraction of sp³-hybridized carbons (Fsp3) is 0.500. The van der Waals surface area contributed by atoms with Gasteiger partial charge < -0.3 is 4.90 Å². The van der Waals surface area contributed by atoms with Gasteiger partial charge in [-0.15, -0.1) is 11.6 Å². The zero-order valence-electron chi connectivity index (χ0n) is 9.95. The average Bonchev–Trinajstić information content (AvgIpc) is 2.58. The maximum atomic E-state index is 8.90. The predicted octanol–water partition coefficient (Wildman–Crippen LogP) is 2.59. The number of nitrogens with zero attached hydrogens (tertiary/aromatic N) is 2. The second kappa shape index (κ2) is 6.05. The van der Waals surface area contributed by atoms with Gasteiger partial charge in [0.1, 0.15) is 0 Å². The third kappa shape index (κ3) is 3.21. The van der Waals surface area contributed by atoms with Crippen LogP contribution >= 0.6 is 11.6 Å². The zero-order valence-corrected chi connectivity index (χ0v) is 10.7. The van der Waals surface area contributed by atoms with Crippen molar-refractivity contribution in [3.63, 3.8) is 0 Å². The first-order valence-corrected chi connectivity index (χ1v) is 6.67. The fourth-order valence-electron chi connectivity index (χ4n) is 2.35. The van der Waals surface area contributed by atoms with E-state index in [2.05, 4.69) is 17.0 Å². The summed E-state index contributed by atoms with van der Waals surface area (Å²) in [5.41, 5.74) is 3.52. The topological polar surface area (TPSA) is 27.0 Å². The Morgan fingerprint density at radius 2 is 2.00 bits per heavy atom. The quantitative estimate of drug-likeness (QED) is 0.769. The van der Waals surface area contributed by atoms with E-state index in [0.717, 1.165) is 50.3 Å². The number of alkyl halides is 1. The van der Waals surface area contributed by atoms with Gasteiger partial charge in [0, 0.05) is 19.0 Å². The molecule has 1 heterocycles. The molecule has 1 aromatic rings. The highest BCUT2D eigenvalue weighted by Gasteiger charge is 2.13. The minimum Gasteiger partial charge on any atom is -0.303 e. The van der Waals surface area contributed by atoms with E-state index in [0.29, 0.717) is 0 Å². The van der Waals surface area contributed by atoms with E-state index >= 15 is 0 Å². The van der Waals surface area contributed by atoms with Crippen molar-refractivity contribution in [1.82, 2.24) is 4.90 Å². The second-order valence-corrected chi connectivity index (χ2v) is 4.86. The van der Waals surface area contributed by atoms with Gasteiger partial charge in [0.05, 0.1) is 11.6 Å². The first-order valence-electron chi connectivity index (χ1n) is 6.13. The lowest BCUT2D eigenvalue weighted by molar-refractivity contribution is 0.289. The van der Waals surface area contributed by atoms with Crippen molar-refractivity contribution in [2.24, 2.45) is 0 Å². The standard InChI is InChI=1S/C14H17ClN2/c15-6-1-7-17-8-4-13-3-2-12(11-16)10-14(13)5-9-17/h2-3,10H,1,4-9H2. The fourth-order valence-corrected chi connectivity index (χ4v) is 2.47. The van der Waals surface area contributed by atoms with Crippen LogP contribution < -0.4 is 0 Å². The molecule has 0 unspecified atom stereocenters. The highest BCUT2D eigenvalue weighted by molar-refractivity contribution is 6.17. The summed E-state index contributed by atoms with van der Waals surface area (Å²) in [6, 6.07) is 8.29. The first-order chi connectivity index (χ1) is 8.33. The molecule has 0 aliphatic carbocycles. The zero-order chi connectivity index (χ0) is 12.1. The lowest BCUT2D eigenvalue weighted by Crippen LogP contribution is -2.27. The van der Waals surface area contributed by atoms with Gasteiger partial charge in [-0.2, -0.15) is 5.26 Å². The van der Waals surface area contributed by atoms with Crippen LogP contribution in [0.3, 0.4) is 0 Å². The Hall–Kier alpha value is -1.04. The van der Waals surface area contributed by atoms with Crippen molar-refractivity contribution < 1.29 is 0 Å². The summed E-state index contributed by atoms with van der Waals surface area (Å²) in [7, 11) is 0. The van der Waals surface area contributed by atoms with Crippen LogP contribution in [-0.4, -0.2) is 30.4 Å². The summed E-state index contributed by atoms with van der Waals surface area (Å²) in [6.07, 6.45) is 3.19. The van der Waals surface area contributed by atoms with Gasteiger partial charge >= 0.3 is 0 Å². The molecule has 0 bridgehead atoms. The summed E-state index contributed by atoms with van der Waals surface area (Å²) in [5.74, 6) is 0.738. The van der Waals surface area contributed by atoms with Gasteiger partial charge in [0.15, 0.2) is 0 Å². The molecule has 0 spiro atoms. The Morgan fingerprint density at radius 3 is 2.71 bits per heavy atom. The molecule has 1 aliphatic heterocycles. The molecular weight excluding hydrogens is 232 g/mol. The molecular formula is C14H17ClN2. The number of hydrogen-bond acceptors (Lipinski definition) is 2. The van der Waals surface area contributed by atoms with Crippen molar-refractivity contribution in [2.45, 2.75) is 19.3 Å². The van der Waals surface area contributed by atoms with E-state index in [1.165, 1.54) is 11.1 Å². The van der Waals surface area contributed by atoms with Crippen LogP contribution in [0.15, 0.2) is 18.2 Å². The first kappa shape index (κ1) is 12.4. The van der Waals surface area contributed by atoms with Crippen molar-refractivity contribution in [2.75, 3.05) is 25.5 Å². The third-order valence-electron chi connectivity index (χ3n) is 3.34. The predicted molar refractivity (Wildman–Crippen MR) is 70.3 cm³/mol. The molecule has 0 saturated heterocycles. The number of halogens is 1. The van der Waals surface area contributed by atoms with Crippen LogP contribution in [0.25, 0.3) is 0 Å². The average molecular weight is 249 g/mol. The lowest BCUT2D eigenvalue weighted by Gasteiger charge is -2.18. The second-order valence-electron chi connectivity index (χ2n) is 4.48. The van der Waals surface area contributed by atoms with Gasteiger partial charge in [-0.25, -0.2) is 0 Å².